The lowest BCUT2D eigenvalue weighted by Crippen LogP contribution is -2.24. The number of carbonyl (C=O) groups is 1. The van der Waals surface area contributed by atoms with Crippen LogP contribution >= 0.6 is 0 Å². The minimum Gasteiger partial charge on any atom is -0.296 e. The number of aromatic nitrogens is 3. The van der Waals surface area contributed by atoms with Gasteiger partial charge in [-0.1, -0.05) is 6.08 Å². The van der Waals surface area contributed by atoms with Crippen LogP contribution in [0.25, 0.3) is 16.8 Å². The number of hydrogen-bond acceptors (Lipinski definition) is 4. The summed E-state index contributed by atoms with van der Waals surface area (Å²) in [4.78, 5) is 27.0. The Morgan fingerprint density at radius 1 is 1.23 bits per heavy atom. The molecule has 0 spiro atoms. The zero-order valence-electron chi connectivity index (χ0n) is 12.4. The van der Waals surface area contributed by atoms with Crippen LogP contribution in [0.3, 0.4) is 0 Å². The van der Waals surface area contributed by atoms with Crippen molar-refractivity contribution in [3.8, 4) is 11.3 Å². The van der Waals surface area contributed by atoms with E-state index in [1.165, 1.54) is 11.1 Å². The number of carbonyl (C=O) groups excluding carboxylic acids is 1. The molecule has 110 valence electrons. The van der Waals surface area contributed by atoms with Gasteiger partial charge in [-0.3, -0.25) is 19.7 Å². The molecule has 0 bridgehead atoms. The van der Waals surface area contributed by atoms with E-state index < -0.39 is 0 Å². The molecule has 4 rings (SSSR count). The predicted octanol–water partition coefficient (Wildman–Crippen LogP) is 2.62. The first-order valence-electron chi connectivity index (χ1n) is 7.51. The summed E-state index contributed by atoms with van der Waals surface area (Å²) in [7, 11) is 0. The van der Waals surface area contributed by atoms with Gasteiger partial charge in [-0.25, -0.2) is 4.98 Å². The smallest absolute Gasteiger partial charge is 0.228 e. The minimum atomic E-state index is 0.123. The maximum Gasteiger partial charge on any atom is 0.228 e. The van der Waals surface area contributed by atoms with Gasteiger partial charge in [0.1, 0.15) is 0 Å². The number of rotatable bonds is 2. The first kappa shape index (κ1) is 13.1. The highest BCUT2D eigenvalue weighted by Crippen LogP contribution is 2.29. The summed E-state index contributed by atoms with van der Waals surface area (Å²) >= 11 is 0. The molecule has 1 saturated heterocycles. The third-order valence-electron chi connectivity index (χ3n) is 4.26. The molecule has 0 atom stereocenters. The second kappa shape index (κ2) is 5.02. The molecule has 0 aromatic carbocycles. The van der Waals surface area contributed by atoms with E-state index in [2.05, 4.69) is 34.0 Å². The fourth-order valence-electron chi connectivity index (χ4n) is 3.01. The first-order valence-corrected chi connectivity index (χ1v) is 7.51. The number of nitrogens with zero attached hydrogens (tertiary/aromatic N) is 4. The van der Waals surface area contributed by atoms with E-state index in [9.17, 15) is 4.79 Å². The zero-order valence-corrected chi connectivity index (χ0v) is 12.4. The Bertz CT molecular complexity index is 797. The molecule has 3 heterocycles. The van der Waals surface area contributed by atoms with Crippen LogP contribution < -0.4 is 4.90 Å². The maximum atomic E-state index is 11.9. The van der Waals surface area contributed by atoms with Gasteiger partial charge in [0.25, 0.3) is 0 Å². The van der Waals surface area contributed by atoms with Gasteiger partial charge in [0, 0.05) is 31.1 Å². The number of anilines is 1. The van der Waals surface area contributed by atoms with E-state index in [-0.39, 0.29) is 5.91 Å². The van der Waals surface area contributed by atoms with Gasteiger partial charge < -0.3 is 0 Å². The van der Waals surface area contributed by atoms with Crippen molar-refractivity contribution in [2.24, 2.45) is 0 Å². The minimum absolute atomic E-state index is 0.123. The number of amides is 1. The van der Waals surface area contributed by atoms with Crippen LogP contribution in [0.15, 0.2) is 30.7 Å². The Balaban J connectivity index is 1.73. The summed E-state index contributed by atoms with van der Waals surface area (Å²) in [6, 6.07) is 2.11. The summed E-state index contributed by atoms with van der Waals surface area (Å²) in [6.07, 6.45) is 9.78. The van der Waals surface area contributed by atoms with E-state index in [0.717, 1.165) is 36.3 Å². The van der Waals surface area contributed by atoms with Crippen molar-refractivity contribution >= 4 is 17.3 Å². The van der Waals surface area contributed by atoms with Crippen LogP contribution in [-0.4, -0.2) is 27.4 Å². The number of fused-ring (bicyclic) bond motifs is 1. The molecule has 1 fully saturated rings. The third-order valence-corrected chi connectivity index (χ3v) is 4.26. The number of allylic oxidation sites excluding steroid dienone is 2. The average molecular weight is 292 g/mol. The van der Waals surface area contributed by atoms with E-state index in [0.29, 0.717) is 12.2 Å². The molecule has 5 heteroatoms. The SMILES string of the molecule is CC1=CCc2ncc(-c3cncc(N4CCCC4=O)n3)cc21. The summed E-state index contributed by atoms with van der Waals surface area (Å²) in [5.41, 5.74) is 5.24. The van der Waals surface area contributed by atoms with E-state index in [1.807, 2.05) is 6.20 Å². The van der Waals surface area contributed by atoms with E-state index >= 15 is 0 Å². The zero-order chi connectivity index (χ0) is 15.1. The predicted molar refractivity (Wildman–Crippen MR) is 84.2 cm³/mol. The normalized spacial score (nSPS) is 16.9. The Morgan fingerprint density at radius 2 is 2.14 bits per heavy atom. The topological polar surface area (TPSA) is 59.0 Å². The van der Waals surface area contributed by atoms with Gasteiger partial charge >= 0.3 is 0 Å². The fraction of sp³-hybridized carbons (Fsp3) is 0.294. The van der Waals surface area contributed by atoms with E-state index in [1.54, 1.807) is 17.3 Å². The van der Waals surface area contributed by atoms with Crippen molar-refractivity contribution in [2.75, 3.05) is 11.4 Å². The molecule has 2 aromatic rings. The lowest BCUT2D eigenvalue weighted by Gasteiger charge is -2.14. The van der Waals surface area contributed by atoms with Crippen molar-refractivity contribution in [1.29, 1.82) is 0 Å². The Kier molecular flexibility index (Phi) is 2.99. The molecule has 0 unspecified atom stereocenters. The molecule has 0 saturated carbocycles. The van der Waals surface area contributed by atoms with Crippen LogP contribution in [0.5, 0.6) is 0 Å². The highest BCUT2D eigenvalue weighted by Gasteiger charge is 2.23. The summed E-state index contributed by atoms with van der Waals surface area (Å²) < 4.78 is 0. The van der Waals surface area contributed by atoms with Gasteiger partial charge in [-0.15, -0.1) is 0 Å². The van der Waals surface area contributed by atoms with Crippen molar-refractivity contribution in [1.82, 2.24) is 15.0 Å². The maximum absolute atomic E-state index is 11.9. The standard InChI is InChI=1S/C17H16N4O/c1-11-4-5-14-13(11)7-12(8-19-14)15-9-18-10-16(20-15)21-6-2-3-17(21)22/h4,7-10H,2-3,5-6H2,1H3. The molecule has 2 aliphatic rings. The fourth-order valence-corrected chi connectivity index (χ4v) is 3.01. The summed E-state index contributed by atoms with van der Waals surface area (Å²) in [5.74, 6) is 0.755. The van der Waals surface area contributed by atoms with Crippen LogP contribution in [-0.2, 0) is 11.2 Å². The third kappa shape index (κ3) is 2.09. The van der Waals surface area contributed by atoms with Crippen LogP contribution in [0.1, 0.15) is 31.0 Å². The molecule has 1 aliphatic carbocycles. The Morgan fingerprint density at radius 3 is 2.95 bits per heavy atom. The summed E-state index contributed by atoms with van der Waals surface area (Å²) in [6.45, 7) is 2.82. The lowest BCUT2D eigenvalue weighted by atomic mass is 10.1. The van der Waals surface area contributed by atoms with Crippen molar-refractivity contribution < 1.29 is 4.79 Å². The highest BCUT2D eigenvalue weighted by molar-refractivity contribution is 5.94. The first-order chi connectivity index (χ1) is 10.7. The van der Waals surface area contributed by atoms with Crippen molar-refractivity contribution in [3.05, 3.63) is 42.0 Å². The van der Waals surface area contributed by atoms with Gasteiger partial charge in [0.05, 0.1) is 23.8 Å². The van der Waals surface area contributed by atoms with Crippen LogP contribution in [0.4, 0.5) is 5.82 Å². The Labute approximate surface area is 128 Å². The Hall–Kier alpha value is -2.56. The molecular weight excluding hydrogens is 276 g/mol. The molecular formula is C17H16N4O. The molecule has 0 N–H and O–H groups in total. The van der Waals surface area contributed by atoms with Gasteiger partial charge in [-0.2, -0.15) is 0 Å². The van der Waals surface area contributed by atoms with E-state index in [4.69, 9.17) is 0 Å². The molecule has 1 amide bonds. The quantitative estimate of drug-likeness (QED) is 0.853. The van der Waals surface area contributed by atoms with Crippen LogP contribution in [0.2, 0.25) is 0 Å². The monoisotopic (exact) mass is 292 g/mol. The second-order valence-electron chi connectivity index (χ2n) is 5.72. The van der Waals surface area contributed by atoms with Crippen molar-refractivity contribution in [2.45, 2.75) is 26.2 Å². The highest BCUT2D eigenvalue weighted by atomic mass is 16.2. The summed E-state index contributed by atoms with van der Waals surface area (Å²) in [5, 5.41) is 0. The second-order valence-corrected chi connectivity index (χ2v) is 5.72. The molecule has 2 aromatic heterocycles. The lowest BCUT2D eigenvalue weighted by molar-refractivity contribution is -0.117. The largest absolute Gasteiger partial charge is 0.296 e. The molecule has 5 nitrogen and oxygen atoms in total. The molecule has 0 radical (unpaired) electrons. The van der Waals surface area contributed by atoms with Gasteiger partial charge in [0.15, 0.2) is 5.82 Å². The van der Waals surface area contributed by atoms with Gasteiger partial charge in [0.2, 0.25) is 5.91 Å². The van der Waals surface area contributed by atoms with Crippen LogP contribution in [0, 0.1) is 0 Å². The number of pyridine rings is 1. The van der Waals surface area contributed by atoms with Gasteiger partial charge in [-0.05, 0) is 30.5 Å². The number of hydrogen-bond donors (Lipinski definition) is 0. The average Bonchev–Trinajstić information content (AvgIpc) is 3.14. The molecule has 1 aliphatic heterocycles. The van der Waals surface area contributed by atoms with Crippen molar-refractivity contribution in [3.63, 3.8) is 0 Å². The molecule has 22 heavy (non-hydrogen) atoms.